The van der Waals surface area contributed by atoms with Crippen molar-refractivity contribution in [3.63, 3.8) is 0 Å². The third-order valence-electron chi connectivity index (χ3n) is 6.97. The third kappa shape index (κ3) is 6.86. The zero-order valence-electron chi connectivity index (χ0n) is 22.7. The number of rotatable bonds is 12. The number of nitrogens with zero attached hydrogens (tertiary/aromatic N) is 5. The molecule has 39 heavy (non-hydrogen) atoms. The predicted octanol–water partition coefficient (Wildman–Crippen LogP) is 3.85. The molecule has 0 saturated heterocycles. The number of nitrogens with two attached hydrogens (primary N) is 1. The number of pyridine rings is 1. The standard InChI is InChI=1S/C26H34ClFN6O4S/c1-16-12-18(16)15-34(10-11-37-4)21-13-20(22(27)23(30-21)33(3)39(5,35)36)24-31-32-25(38-24)26(2,29)14-17-6-8-19(28)9-7-17/h6-9,13,16,18H,10-12,14-15,29H2,1-5H3/t16?,18?,26-/m1/s1. The van der Waals surface area contributed by atoms with Crippen LogP contribution in [0.2, 0.25) is 5.02 Å². The van der Waals surface area contributed by atoms with E-state index in [1.165, 1.54) is 19.2 Å². The first-order chi connectivity index (χ1) is 18.3. The van der Waals surface area contributed by atoms with Crippen LogP contribution in [0.1, 0.15) is 31.7 Å². The van der Waals surface area contributed by atoms with Crippen LogP contribution in [0.25, 0.3) is 11.5 Å². The number of anilines is 2. The van der Waals surface area contributed by atoms with E-state index in [0.29, 0.717) is 42.8 Å². The van der Waals surface area contributed by atoms with Gasteiger partial charge in [-0.15, -0.1) is 10.2 Å². The van der Waals surface area contributed by atoms with Gasteiger partial charge in [-0.1, -0.05) is 30.7 Å². The van der Waals surface area contributed by atoms with Gasteiger partial charge in [-0.3, -0.25) is 4.31 Å². The van der Waals surface area contributed by atoms with Crippen LogP contribution in [-0.2, 0) is 26.7 Å². The van der Waals surface area contributed by atoms with Gasteiger partial charge in [-0.25, -0.2) is 17.8 Å². The molecule has 3 atom stereocenters. The number of ether oxygens (including phenoxy) is 1. The molecule has 1 fully saturated rings. The normalized spacial score (nSPS) is 18.6. The average molecular weight is 581 g/mol. The summed E-state index contributed by atoms with van der Waals surface area (Å²) in [6.07, 6.45) is 2.50. The lowest BCUT2D eigenvalue weighted by Crippen LogP contribution is -2.35. The van der Waals surface area contributed by atoms with E-state index < -0.39 is 15.6 Å². The summed E-state index contributed by atoms with van der Waals surface area (Å²) in [5.74, 6) is 1.53. The van der Waals surface area contributed by atoms with E-state index in [1.807, 2.05) is 0 Å². The molecule has 2 unspecified atom stereocenters. The number of hydrogen-bond donors (Lipinski definition) is 1. The van der Waals surface area contributed by atoms with Crippen molar-refractivity contribution in [3.05, 3.63) is 52.6 Å². The molecule has 1 aliphatic carbocycles. The number of hydrogen-bond acceptors (Lipinski definition) is 9. The van der Waals surface area contributed by atoms with Gasteiger partial charge >= 0.3 is 0 Å². The van der Waals surface area contributed by atoms with Crippen molar-refractivity contribution in [2.24, 2.45) is 17.6 Å². The Morgan fingerprint density at radius 1 is 1.28 bits per heavy atom. The Kier molecular flexibility index (Phi) is 8.50. The SMILES string of the molecule is COCCN(CC1CC1C)c1cc(-c2nnc([C@](C)(N)Cc3ccc(F)cc3)o2)c(Cl)c(N(C)S(C)(=O)=O)n1. The molecular formula is C26H34ClFN6O4S. The molecule has 2 N–H and O–H groups in total. The summed E-state index contributed by atoms with van der Waals surface area (Å²) in [7, 11) is -0.672. The predicted molar refractivity (Wildman–Crippen MR) is 149 cm³/mol. The molecule has 4 rings (SSSR count). The van der Waals surface area contributed by atoms with E-state index in [0.717, 1.165) is 29.1 Å². The topological polar surface area (TPSA) is 128 Å². The summed E-state index contributed by atoms with van der Waals surface area (Å²) in [5.41, 5.74) is 6.60. The molecule has 2 heterocycles. The summed E-state index contributed by atoms with van der Waals surface area (Å²) < 4.78 is 50.6. The fourth-order valence-corrected chi connectivity index (χ4v) is 5.09. The Morgan fingerprint density at radius 3 is 2.54 bits per heavy atom. The van der Waals surface area contributed by atoms with Crippen LogP contribution in [0.15, 0.2) is 34.7 Å². The second-order valence-corrected chi connectivity index (χ2v) is 12.8. The highest BCUT2D eigenvalue weighted by Gasteiger charge is 2.35. The monoisotopic (exact) mass is 580 g/mol. The van der Waals surface area contributed by atoms with Gasteiger partial charge in [0.05, 0.1) is 29.0 Å². The van der Waals surface area contributed by atoms with Crippen molar-refractivity contribution >= 4 is 33.3 Å². The van der Waals surface area contributed by atoms with Crippen LogP contribution in [0, 0.1) is 17.7 Å². The van der Waals surface area contributed by atoms with Crippen molar-refractivity contribution < 1.29 is 22.0 Å². The fourth-order valence-electron chi connectivity index (χ4n) is 4.29. The van der Waals surface area contributed by atoms with Crippen molar-refractivity contribution in [2.45, 2.75) is 32.2 Å². The van der Waals surface area contributed by atoms with E-state index in [1.54, 1.807) is 32.2 Å². The molecule has 0 aliphatic heterocycles. The van der Waals surface area contributed by atoms with Crippen LogP contribution >= 0.6 is 11.6 Å². The van der Waals surface area contributed by atoms with E-state index in [9.17, 15) is 12.8 Å². The Bertz CT molecular complexity index is 1420. The van der Waals surface area contributed by atoms with E-state index in [2.05, 4.69) is 27.0 Å². The minimum Gasteiger partial charge on any atom is -0.419 e. The number of sulfonamides is 1. The van der Waals surface area contributed by atoms with Gasteiger partial charge in [0.1, 0.15) is 11.6 Å². The second kappa shape index (κ2) is 11.4. The van der Waals surface area contributed by atoms with E-state index >= 15 is 0 Å². The Morgan fingerprint density at radius 2 is 1.95 bits per heavy atom. The maximum atomic E-state index is 13.3. The molecule has 1 saturated carbocycles. The minimum atomic E-state index is -3.68. The van der Waals surface area contributed by atoms with Crippen LogP contribution in [0.3, 0.4) is 0 Å². The Hall–Kier alpha value is -2.80. The first-order valence-electron chi connectivity index (χ1n) is 12.6. The quantitative estimate of drug-likeness (QED) is 0.340. The molecule has 10 nitrogen and oxygen atoms in total. The van der Waals surface area contributed by atoms with Crippen molar-refractivity contribution in [1.82, 2.24) is 15.2 Å². The molecule has 0 radical (unpaired) electrons. The molecule has 0 spiro atoms. The van der Waals surface area contributed by atoms with Crippen LogP contribution in [-0.4, -0.2) is 63.7 Å². The zero-order chi connectivity index (χ0) is 28.5. The number of benzene rings is 1. The summed E-state index contributed by atoms with van der Waals surface area (Å²) in [6.45, 7) is 5.66. The second-order valence-electron chi connectivity index (χ2n) is 10.4. The van der Waals surface area contributed by atoms with Crippen molar-refractivity contribution in [1.29, 1.82) is 0 Å². The number of aromatic nitrogens is 3. The largest absolute Gasteiger partial charge is 0.419 e. The van der Waals surface area contributed by atoms with Gasteiger partial charge in [-0.2, -0.15) is 0 Å². The smallest absolute Gasteiger partial charge is 0.249 e. The van der Waals surface area contributed by atoms with Gasteiger partial charge in [0.15, 0.2) is 5.82 Å². The molecule has 1 aromatic carbocycles. The molecule has 13 heteroatoms. The van der Waals surface area contributed by atoms with E-state index in [4.69, 9.17) is 26.5 Å². The maximum Gasteiger partial charge on any atom is 0.249 e. The highest BCUT2D eigenvalue weighted by atomic mass is 35.5. The lowest BCUT2D eigenvalue weighted by atomic mass is 9.94. The third-order valence-corrected chi connectivity index (χ3v) is 8.51. The molecule has 1 aliphatic rings. The van der Waals surface area contributed by atoms with Crippen LogP contribution in [0.4, 0.5) is 16.0 Å². The molecule has 3 aromatic rings. The van der Waals surface area contributed by atoms with E-state index in [-0.39, 0.29) is 28.4 Å². The summed E-state index contributed by atoms with van der Waals surface area (Å²) in [6, 6.07) is 7.73. The summed E-state index contributed by atoms with van der Waals surface area (Å²) in [4.78, 5) is 6.69. The molecule has 0 amide bonds. The fraction of sp³-hybridized carbons (Fsp3) is 0.500. The highest BCUT2D eigenvalue weighted by Crippen LogP contribution is 2.41. The number of halogens is 2. The molecule has 2 aromatic heterocycles. The summed E-state index contributed by atoms with van der Waals surface area (Å²) in [5, 5.41) is 8.42. The maximum absolute atomic E-state index is 13.3. The zero-order valence-corrected chi connectivity index (χ0v) is 24.3. The lowest BCUT2D eigenvalue weighted by molar-refractivity contribution is 0.204. The van der Waals surface area contributed by atoms with Gasteiger partial charge in [0, 0.05) is 27.2 Å². The highest BCUT2D eigenvalue weighted by molar-refractivity contribution is 7.92. The Balaban J connectivity index is 1.75. The summed E-state index contributed by atoms with van der Waals surface area (Å²) >= 11 is 6.73. The van der Waals surface area contributed by atoms with Gasteiger partial charge in [0.25, 0.3) is 0 Å². The lowest BCUT2D eigenvalue weighted by Gasteiger charge is -2.26. The van der Waals surface area contributed by atoms with Gasteiger partial charge in [0.2, 0.25) is 21.8 Å². The minimum absolute atomic E-state index is 0.0412. The average Bonchev–Trinajstić information content (AvgIpc) is 3.34. The van der Waals surface area contributed by atoms with Crippen LogP contribution in [0.5, 0.6) is 0 Å². The van der Waals surface area contributed by atoms with Crippen molar-refractivity contribution in [2.75, 3.05) is 49.3 Å². The first kappa shape index (κ1) is 29.2. The Labute approximate surface area is 233 Å². The molecule has 0 bridgehead atoms. The number of methoxy groups -OCH3 is 1. The van der Waals surface area contributed by atoms with Crippen molar-refractivity contribution in [3.8, 4) is 11.5 Å². The van der Waals surface area contributed by atoms with Gasteiger partial charge < -0.3 is 19.8 Å². The van der Waals surface area contributed by atoms with Gasteiger partial charge in [-0.05, 0) is 55.4 Å². The molecule has 212 valence electrons. The van der Waals surface area contributed by atoms with Crippen LogP contribution < -0.4 is 14.9 Å². The molecular weight excluding hydrogens is 547 g/mol. The first-order valence-corrected chi connectivity index (χ1v) is 14.8.